The molecule has 0 aliphatic rings. The zero-order valence-electron chi connectivity index (χ0n) is 11.6. The molecule has 0 aromatic carbocycles. The van der Waals surface area contributed by atoms with Crippen LogP contribution in [0.4, 0.5) is 0 Å². The van der Waals surface area contributed by atoms with E-state index in [-0.39, 0.29) is 61.8 Å². The summed E-state index contributed by atoms with van der Waals surface area (Å²) in [5, 5.41) is 34.5. The Hall–Kier alpha value is -1.02. The Kier molecular flexibility index (Phi) is 20.6. The SMILES string of the molecule is O.O.O=C(O)CN(CCN(CC(=O)O)CC(=O)O)CC(=O)O.[CaH2]. The van der Waals surface area contributed by atoms with Gasteiger partial charge >= 0.3 is 61.6 Å². The first-order valence-corrected chi connectivity index (χ1v) is 5.52. The zero-order chi connectivity index (χ0) is 15.7. The molecule has 0 aliphatic carbocycles. The normalized spacial score (nSPS) is 9.30. The van der Waals surface area contributed by atoms with Crippen LogP contribution in [0.2, 0.25) is 0 Å². The molecule has 0 aromatic heterocycles. The molecule has 0 unspecified atom stereocenters. The second-order valence-corrected chi connectivity index (χ2v) is 4.00. The van der Waals surface area contributed by atoms with Gasteiger partial charge in [0, 0.05) is 13.1 Å². The summed E-state index contributed by atoms with van der Waals surface area (Å²) in [6.45, 7) is -2.25. The third kappa shape index (κ3) is 18.9. The Morgan fingerprint density at radius 3 is 0.870 bits per heavy atom. The van der Waals surface area contributed by atoms with Gasteiger partial charge in [-0.15, -0.1) is 0 Å². The van der Waals surface area contributed by atoms with Crippen LogP contribution in [0.15, 0.2) is 0 Å². The maximum atomic E-state index is 10.6. The number of carbonyl (C=O) groups is 4. The fourth-order valence-corrected chi connectivity index (χ4v) is 1.48. The second-order valence-electron chi connectivity index (χ2n) is 4.00. The standard InChI is InChI=1S/C10H16N2O8.Ca.2H2O.2H/c13-7(14)3-11(4-8(15)16)1-2-12(5-9(17)18)6-10(19)20;;;;;/h1-6H2,(H,13,14)(H,15,16)(H,17,18)(H,19,20);;2*1H2;;. The van der Waals surface area contributed by atoms with Crippen LogP contribution in [0.25, 0.3) is 0 Å². The average molecular weight is 370 g/mol. The van der Waals surface area contributed by atoms with E-state index in [0.29, 0.717) is 0 Å². The van der Waals surface area contributed by atoms with Gasteiger partial charge in [-0.2, -0.15) is 0 Å². The van der Waals surface area contributed by atoms with Crippen molar-refractivity contribution in [3.05, 3.63) is 0 Å². The van der Waals surface area contributed by atoms with E-state index in [4.69, 9.17) is 20.4 Å². The first-order valence-electron chi connectivity index (χ1n) is 5.52. The van der Waals surface area contributed by atoms with Crippen molar-refractivity contribution in [3.63, 3.8) is 0 Å². The summed E-state index contributed by atoms with van der Waals surface area (Å²) in [6.07, 6.45) is 0. The molecule has 0 bridgehead atoms. The van der Waals surface area contributed by atoms with Gasteiger partial charge in [0.1, 0.15) is 0 Å². The Labute approximate surface area is 160 Å². The molecule has 12 nitrogen and oxygen atoms in total. The third-order valence-corrected chi connectivity index (χ3v) is 2.17. The molecule has 0 rings (SSSR count). The maximum absolute atomic E-state index is 10.6. The Morgan fingerprint density at radius 1 is 0.565 bits per heavy atom. The molecule has 13 heteroatoms. The predicted molar refractivity (Wildman–Crippen MR) is 79.2 cm³/mol. The van der Waals surface area contributed by atoms with Gasteiger partial charge in [0.25, 0.3) is 0 Å². The quantitative estimate of drug-likeness (QED) is 0.255. The van der Waals surface area contributed by atoms with Crippen LogP contribution in [-0.2, 0) is 19.2 Å². The summed E-state index contributed by atoms with van der Waals surface area (Å²) in [7, 11) is 0. The molecular weight excluding hydrogens is 348 g/mol. The van der Waals surface area contributed by atoms with Crippen LogP contribution in [0, 0.1) is 0 Å². The summed E-state index contributed by atoms with van der Waals surface area (Å²) >= 11 is 0. The van der Waals surface area contributed by atoms with Gasteiger partial charge in [-0.05, 0) is 0 Å². The van der Waals surface area contributed by atoms with Crippen LogP contribution in [0.1, 0.15) is 0 Å². The van der Waals surface area contributed by atoms with Crippen molar-refractivity contribution in [1.82, 2.24) is 9.80 Å². The number of aliphatic carboxylic acids is 4. The molecule has 0 atom stereocenters. The Bertz CT molecular complexity index is 324. The van der Waals surface area contributed by atoms with Crippen molar-refractivity contribution in [2.24, 2.45) is 0 Å². The molecule has 0 saturated heterocycles. The number of hydrogen-bond acceptors (Lipinski definition) is 6. The summed E-state index contributed by atoms with van der Waals surface area (Å²) in [5.74, 6) is -4.91. The van der Waals surface area contributed by atoms with Crippen LogP contribution in [-0.4, -0.2) is 142 Å². The van der Waals surface area contributed by atoms with E-state index in [1.165, 1.54) is 0 Å². The van der Waals surface area contributed by atoms with Crippen molar-refractivity contribution in [1.29, 1.82) is 0 Å². The predicted octanol–water partition coefficient (Wildman–Crippen LogP) is -4.64. The van der Waals surface area contributed by atoms with Gasteiger partial charge in [-0.1, -0.05) is 0 Å². The fourth-order valence-electron chi connectivity index (χ4n) is 1.48. The van der Waals surface area contributed by atoms with Gasteiger partial charge in [-0.3, -0.25) is 29.0 Å². The van der Waals surface area contributed by atoms with Crippen molar-refractivity contribution in [3.8, 4) is 0 Å². The van der Waals surface area contributed by atoms with Crippen molar-refractivity contribution < 1.29 is 50.6 Å². The summed E-state index contributed by atoms with van der Waals surface area (Å²) in [5.41, 5.74) is 0. The molecule has 0 heterocycles. The minimum absolute atomic E-state index is 0. The molecule has 0 radical (unpaired) electrons. The summed E-state index contributed by atoms with van der Waals surface area (Å²) in [6, 6.07) is 0. The molecule has 0 amide bonds. The number of rotatable bonds is 11. The van der Waals surface area contributed by atoms with Gasteiger partial charge in [0.2, 0.25) is 0 Å². The van der Waals surface area contributed by atoms with E-state index < -0.39 is 50.1 Å². The fraction of sp³-hybridized carbons (Fsp3) is 0.600. The van der Waals surface area contributed by atoms with Crippen molar-refractivity contribution in [2.75, 3.05) is 39.3 Å². The summed E-state index contributed by atoms with van der Waals surface area (Å²) < 4.78 is 0. The molecule has 0 saturated carbocycles. The van der Waals surface area contributed by atoms with Crippen LogP contribution < -0.4 is 0 Å². The molecule has 0 aromatic rings. The summed E-state index contributed by atoms with van der Waals surface area (Å²) in [4.78, 5) is 44.4. The Morgan fingerprint density at radius 2 is 0.739 bits per heavy atom. The van der Waals surface area contributed by atoms with E-state index in [1.807, 2.05) is 0 Å². The minimum atomic E-state index is -1.23. The van der Waals surface area contributed by atoms with E-state index in [0.717, 1.165) is 9.80 Å². The number of carboxylic acids is 4. The number of hydrogen-bond donors (Lipinski definition) is 4. The Balaban J connectivity index is -0.000000602. The van der Waals surface area contributed by atoms with Crippen LogP contribution in [0.5, 0.6) is 0 Å². The molecule has 0 fully saturated rings. The topological polar surface area (TPSA) is 219 Å². The first-order chi connectivity index (χ1) is 9.20. The van der Waals surface area contributed by atoms with Gasteiger partial charge in [0.15, 0.2) is 0 Å². The van der Waals surface area contributed by atoms with E-state index in [9.17, 15) is 19.2 Å². The van der Waals surface area contributed by atoms with Gasteiger partial charge < -0.3 is 31.4 Å². The van der Waals surface area contributed by atoms with E-state index in [2.05, 4.69) is 0 Å². The molecular formula is C10H22CaN2O10. The third-order valence-electron chi connectivity index (χ3n) is 2.17. The van der Waals surface area contributed by atoms with E-state index in [1.54, 1.807) is 0 Å². The molecule has 23 heavy (non-hydrogen) atoms. The molecule has 0 spiro atoms. The second kappa shape index (κ2) is 15.9. The number of nitrogens with zero attached hydrogens (tertiary/aromatic N) is 2. The molecule has 0 aliphatic heterocycles. The molecule has 8 N–H and O–H groups in total. The van der Waals surface area contributed by atoms with Crippen molar-refractivity contribution in [2.45, 2.75) is 0 Å². The van der Waals surface area contributed by atoms with Crippen molar-refractivity contribution >= 4 is 61.6 Å². The van der Waals surface area contributed by atoms with Crippen LogP contribution in [0.3, 0.4) is 0 Å². The molecule has 134 valence electrons. The van der Waals surface area contributed by atoms with Gasteiger partial charge in [-0.25, -0.2) is 0 Å². The number of carboxylic acid groups (broad SMARTS) is 4. The van der Waals surface area contributed by atoms with Crippen LogP contribution >= 0.6 is 0 Å². The zero-order valence-corrected chi connectivity index (χ0v) is 11.6. The van der Waals surface area contributed by atoms with E-state index >= 15 is 0 Å². The van der Waals surface area contributed by atoms with Gasteiger partial charge in [0.05, 0.1) is 26.2 Å². The first kappa shape index (κ1) is 29.9. The average Bonchev–Trinajstić information content (AvgIpc) is 2.22. The monoisotopic (exact) mass is 370 g/mol.